The first-order chi connectivity index (χ1) is 16.6. The average molecular weight is 492 g/mol. The molecule has 0 saturated carbocycles. The molecule has 7 nitrogen and oxygen atoms in total. The fraction of sp³-hybridized carbons (Fsp3) is 0.400. The van der Waals surface area contributed by atoms with Crippen LogP contribution < -0.4 is 5.32 Å². The summed E-state index contributed by atoms with van der Waals surface area (Å²) in [5.41, 5.74) is 3.87. The third-order valence-electron chi connectivity index (χ3n) is 5.77. The number of aliphatic carboxylic acids is 1. The predicted molar refractivity (Wildman–Crippen MR) is 122 cm³/mol. The number of carboxylic acids is 1. The van der Waals surface area contributed by atoms with Crippen LogP contribution >= 0.6 is 0 Å². The van der Waals surface area contributed by atoms with Gasteiger partial charge in [0.05, 0.1) is 12.8 Å². The van der Waals surface area contributed by atoms with Gasteiger partial charge in [0.1, 0.15) is 12.6 Å². The number of hydrogen-bond acceptors (Lipinski definition) is 4. The van der Waals surface area contributed by atoms with Gasteiger partial charge in [-0.25, -0.2) is 4.79 Å². The van der Waals surface area contributed by atoms with Crippen LogP contribution in [-0.4, -0.2) is 59.9 Å². The Labute approximate surface area is 200 Å². The molecule has 2 N–H and O–H groups in total. The number of amides is 2. The Bertz CT molecular complexity index is 1030. The number of carboxylic acid groups (broad SMARTS) is 1. The van der Waals surface area contributed by atoms with Crippen LogP contribution in [0.1, 0.15) is 43.2 Å². The first kappa shape index (κ1) is 26.1. The molecule has 35 heavy (non-hydrogen) atoms. The van der Waals surface area contributed by atoms with Crippen LogP contribution in [0.15, 0.2) is 48.5 Å². The van der Waals surface area contributed by atoms with Crippen molar-refractivity contribution < 1.29 is 37.4 Å². The van der Waals surface area contributed by atoms with E-state index in [-0.39, 0.29) is 25.6 Å². The number of rotatable bonds is 10. The van der Waals surface area contributed by atoms with Gasteiger partial charge >= 0.3 is 18.2 Å². The van der Waals surface area contributed by atoms with E-state index in [1.165, 1.54) is 0 Å². The van der Waals surface area contributed by atoms with Gasteiger partial charge in [0.2, 0.25) is 5.91 Å². The van der Waals surface area contributed by atoms with Gasteiger partial charge < -0.3 is 20.1 Å². The largest absolute Gasteiger partial charge is 0.481 e. The summed E-state index contributed by atoms with van der Waals surface area (Å²) >= 11 is 0. The van der Waals surface area contributed by atoms with E-state index in [1.807, 2.05) is 48.5 Å². The highest BCUT2D eigenvalue weighted by molar-refractivity contribution is 5.86. The zero-order valence-electron chi connectivity index (χ0n) is 19.2. The third kappa shape index (κ3) is 6.74. The van der Waals surface area contributed by atoms with Crippen LogP contribution in [0.2, 0.25) is 0 Å². The highest BCUT2D eigenvalue weighted by Gasteiger charge is 2.38. The second-order valence-corrected chi connectivity index (χ2v) is 8.31. The zero-order chi connectivity index (χ0) is 25.6. The quantitative estimate of drug-likeness (QED) is 0.507. The maximum atomic E-state index is 13.2. The molecular formula is C25H27F3N2O5. The Balaban J connectivity index is 1.71. The number of nitrogens with one attached hydrogen (secondary N) is 1. The van der Waals surface area contributed by atoms with Crippen molar-refractivity contribution in [2.45, 2.75) is 44.3 Å². The smallest absolute Gasteiger partial charge is 0.407 e. The number of nitrogens with zero attached hydrogens (tertiary/aromatic N) is 1. The Kier molecular flexibility index (Phi) is 8.37. The fourth-order valence-electron chi connectivity index (χ4n) is 4.27. The summed E-state index contributed by atoms with van der Waals surface area (Å²) in [6.07, 6.45) is -7.49. The second-order valence-electron chi connectivity index (χ2n) is 8.31. The standard InChI is InChI=1S/C25H27F3N2O5/c1-2-12-30(13-11-22(31)32)23(33)21(14-25(26,27)28)29-24(34)35-15-20-18-9-5-3-7-16(18)17-8-4-6-10-19(17)20/h3-10,20-21H,2,11-15H2,1H3,(H,29,34)(H,31,32). The Morgan fingerprint density at radius 1 is 1.03 bits per heavy atom. The van der Waals surface area contributed by atoms with Crippen LogP contribution in [0.3, 0.4) is 0 Å². The van der Waals surface area contributed by atoms with Gasteiger partial charge in [0, 0.05) is 19.0 Å². The number of benzene rings is 2. The van der Waals surface area contributed by atoms with E-state index in [2.05, 4.69) is 5.32 Å². The van der Waals surface area contributed by atoms with Gasteiger partial charge in [0.25, 0.3) is 0 Å². The molecule has 1 atom stereocenters. The molecular weight excluding hydrogens is 465 g/mol. The number of carbonyl (C=O) groups excluding carboxylic acids is 2. The summed E-state index contributed by atoms with van der Waals surface area (Å²) in [6.45, 7) is 1.39. The van der Waals surface area contributed by atoms with Crippen LogP contribution in [0.5, 0.6) is 0 Å². The molecule has 0 fully saturated rings. The first-order valence-electron chi connectivity index (χ1n) is 11.3. The molecule has 2 aromatic carbocycles. The average Bonchev–Trinajstić information content (AvgIpc) is 3.12. The highest BCUT2D eigenvalue weighted by Crippen LogP contribution is 2.44. The number of halogens is 3. The molecule has 2 aromatic rings. The topological polar surface area (TPSA) is 95.9 Å². The molecule has 0 saturated heterocycles. The van der Waals surface area contributed by atoms with Crippen molar-refractivity contribution in [2.24, 2.45) is 0 Å². The maximum absolute atomic E-state index is 13.2. The number of hydrogen-bond donors (Lipinski definition) is 2. The lowest BCUT2D eigenvalue weighted by molar-refractivity contribution is -0.154. The SMILES string of the molecule is CCCN(CCC(=O)O)C(=O)C(CC(F)(F)F)NC(=O)OCC1c2ccccc2-c2ccccc21. The maximum Gasteiger partial charge on any atom is 0.407 e. The predicted octanol–water partition coefficient (Wildman–Crippen LogP) is 4.56. The van der Waals surface area contributed by atoms with Gasteiger partial charge in [0.15, 0.2) is 0 Å². The number of alkyl carbamates (subject to hydrolysis) is 1. The second kappa shape index (κ2) is 11.2. The van der Waals surface area contributed by atoms with E-state index >= 15 is 0 Å². The van der Waals surface area contributed by atoms with E-state index < -0.39 is 43.0 Å². The van der Waals surface area contributed by atoms with Crippen molar-refractivity contribution in [1.82, 2.24) is 10.2 Å². The van der Waals surface area contributed by atoms with E-state index in [0.717, 1.165) is 27.2 Å². The fourth-order valence-corrected chi connectivity index (χ4v) is 4.27. The summed E-state index contributed by atoms with van der Waals surface area (Å²) in [5.74, 6) is -2.48. The Hall–Kier alpha value is -3.56. The van der Waals surface area contributed by atoms with Gasteiger partial charge in [-0.05, 0) is 28.7 Å². The number of fused-ring (bicyclic) bond motifs is 3. The van der Waals surface area contributed by atoms with Crippen molar-refractivity contribution in [2.75, 3.05) is 19.7 Å². The minimum absolute atomic E-state index is 0.0623. The summed E-state index contributed by atoms with van der Waals surface area (Å²) in [4.78, 5) is 37.2. The minimum Gasteiger partial charge on any atom is -0.481 e. The van der Waals surface area contributed by atoms with Gasteiger partial charge in [-0.15, -0.1) is 0 Å². The highest BCUT2D eigenvalue weighted by atomic mass is 19.4. The Morgan fingerprint density at radius 3 is 2.11 bits per heavy atom. The van der Waals surface area contributed by atoms with Crippen molar-refractivity contribution in [3.05, 3.63) is 59.7 Å². The summed E-state index contributed by atoms with van der Waals surface area (Å²) in [7, 11) is 0. The van der Waals surface area contributed by atoms with Crippen LogP contribution in [0.25, 0.3) is 11.1 Å². The molecule has 0 aliphatic heterocycles. The van der Waals surface area contributed by atoms with Crippen LogP contribution in [0.4, 0.5) is 18.0 Å². The minimum atomic E-state index is -4.73. The molecule has 3 rings (SSSR count). The van der Waals surface area contributed by atoms with Crippen LogP contribution in [-0.2, 0) is 14.3 Å². The molecule has 0 radical (unpaired) electrons. The Morgan fingerprint density at radius 2 is 1.60 bits per heavy atom. The van der Waals surface area contributed by atoms with Crippen molar-refractivity contribution in [1.29, 1.82) is 0 Å². The number of ether oxygens (including phenoxy) is 1. The molecule has 188 valence electrons. The lowest BCUT2D eigenvalue weighted by atomic mass is 9.98. The van der Waals surface area contributed by atoms with E-state index in [4.69, 9.17) is 9.84 Å². The molecule has 2 amide bonds. The molecule has 0 aromatic heterocycles. The van der Waals surface area contributed by atoms with Gasteiger partial charge in [-0.3, -0.25) is 9.59 Å². The molecule has 0 bridgehead atoms. The van der Waals surface area contributed by atoms with Gasteiger partial charge in [-0.1, -0.05) is 55.5 Å². The summed E-state index contributed by atoms with van der Waals surface area (Å²) in [5, 5.41) is 10.9. The lowest BCUT2D eigenvalue weighted by Crippen LogP contribution is -2.51. The lowest BCUT2D eigenvalue weighted by Gasteiger charge is -2.28. The van der Waals surface area contributed by atoms with Crippen molar-refractivity contribution in [3.8, 4) is 11.1 Å². The summed E-state index contributed by atoms with van der Waals surface area (Å²) < 4.78 is 44.8. The van der Waals surface area contributed by atoms with Crippen molar-refractivity contribution in [3.63, 3.8) is 0 Å². The number of carbonyl (C=O) groups is 3. The molecule has 1 aliphatic rings. The monoisotopic (exact) mass is 492 g/mol. The molecule has 1 unspecified atom stereocenters. The van der Waals surface area contributed by atoms with E-state index in [0.29, 0.717) is 6.42 Å². The van der Waals surface area contributed by atoms with Crippen LogP contribution in [0, 0.1) is 0 Å². The zero-order valence-corrected chi connectivity index (χ0v) is 19.2. The molecule has 0 heterocycles. The molecule has 1 aliphatic carbocycles. The van der Waals surface area contributed by atoms with Gasteiger partial charge in [-0.2, -0.15) is 13.2 Å². The van der Waals surface area contributed by atoms with E-state index in [1.54, 1.807) is 6.92 Å². The summed E-state index contributed by atoms with van der Waals surface area (Å²) in [6, 6.07) is 13.3. The van der Waals surface area contributed by atoms with E-state index in [9.17, 15) is 27.6 Å². The third-order valence-corrected chi connectivity index (χ3v) is 5.77. The molecule has 0 spiro atoms. The normalized spacial score (nSPS) is 13.5. The first-order valence-corrected chi connectivity index (χ1v) is 11.3. The number of alkyl halides is 3. The van der Waals surface area contributed by atoms with Crippen molar-refractivity contribution >= 4 is 18.0 Å². The molecule has 10 heteroatoms.